The SMILES string of the molecule is O=C(NC1CC1)c1ccc(NC(=O)c2cn(Cc3ccccc3)nc2-c2ccccc2)cc1Cl. The van der Waals surface area contributed by atoms with Crippen molar-refractivity contribution in [3.8, 4) is 11.3 Å². The van der Waals surface area contributed by atoms with Crippen LogP contribution in [-0.2, 0) is 6.54 Å². The summed E-state index contributed by atoms with van der Waals surface area (Å²) in [4.78, 5) is 25.6. The summed E-state index contributed by atoms with van der Waals surface area (Å²) in [6, 6.07) is 24.7. The normalized spacial score (nSPS) is 12.9. The molecule has 6 nitrogen and oxygen atoms in total. The molecule has 0 unspecified atom stereocenters. The van der Waals surface area contributed by atoms with Crippen LogP contribution in [0.5, 0.6) is 0 Å². The molecular formula is C27H23ClN4O2. The van der Waals surface area contributed by atoms with Crippen LogP contribution < -0.4 is 10.6 Å². The zero-order valence-electron chi connectivity index (χ0n) is 18.4. The number of nitrogens with one attached hydrogen (secondary N) is 2. The summed E-state index contributed by atoms with van der Waals surface area (Å²) >= 11 is 6.35. The number of carbonyl (C=O) groups is 2. The molecule has 1 aliphatic carbocycles. The van der Waals surface area contributed by atoms with E-state index >= 15 is 0 Å². The summed E-state index contributed by atoms with van der Waals surface area (Å²) in [6.45, 7) is 0.546. The number of rotatable bonds is 7. The van der Waals surface area contributed by atoms with Gasteiger partial charge in [0.1, 0.15) is 5.69 Å². The second-order valence-corrected chi connectivity index (χ2v) is 8.74. The third-order valence-electron chi connectivity index (χ3n) is 5.63. The van der Waals surface area contributed by atoms with Crippen molar-refractivity contribution in [3.63, 3.8) is 0 Å². The first-order valence-electron chi connectivity index (χ1n) is 11.2. The third kappa shape index (κ3) is 5.02. The van der Waals surface area contributed by atoms with Crippen LogP contribution >= 0.6 is 11.6 Å². The molecule has 4 aromatic rings. The Balaban J connectivity index is 1.40. The van der Waals surface area contributed by atoms with Crippen LogP contribution in [0.3, 0.4) is 0 Å². The highest BCUT2D eigenvalue weighted by Crippen LogP contribution is 2.26. The minimum absolute atomic E-state index is 0.195. The van der Waals surface area contributed by atoms with E-state index in [1.54, 1.807) is 29.1 Å². The smallest absolute Gasteiger partial charge is 0.259 e. The number of hydrogen-bond acceptors (Lipinski definition) is 3. The molecular weight excluding hydrogens is 448 g/mol. The van der Waals surface area contributed by atoms with Gasteiger partial charge in [0.15, 0.2) is 0 Å². The Labute approximate surface area is 202 Å². The maximum atomic E-state index is 13.3. The van der Waals surface area contributed by atoms with Gasteiger partial charge in [0, 0.05) is 23.5 Å². The van der Waals surface area contributed by atoms with E-state index in [0.29, 0.717) is 34.1 Å². The van der Waals surface area contributed by atoms with Gasteiger partial charge in [0.05, 0.1) is 22.7 Å². The first-order chi connectivity index (χ1) is 16.6. The molecule has 3 aromatic carbocycles. The third-order valence-corrected chi connectivity index (χ3v) is 5.94. The van der Waals surface area contributed by atoms with E-state index in [4.69, 9.17) is 16.7 Å². The Bertz CT molecular complexity index is 1330. The van der Waals surface area contributed by atoms with E-state index in [-0.39, 0.29) is 17.9 Å². The Morgan fingerprint density at radius 3 is 2.29 bits per heavy atom. The Morgan fingerprint density at radius 2 is 1.62 bits per heavy atom. The lowest BCUT2D eigenvalue weighted by Gasteiger charge is -2.09. The first kappa shape index (κ1) is 21.9. The van der Waals surface area contributed by atoms with E-state index in [0.717, 1.165) is 24.0 Å². The fourth-order valence-electron chi connectivity index (χ4n) is 3.71. The van der Waals surface area contributed by atoms with Crippen LogP contribution in [0.4, 0.5) is 5.69 Å². The summed E-state index contributed by atoms with van der Waals surface area (Å²) in [5.41, 5.74) is 3.89. The number of benzene rings is 3. The lowest BCUT2D eigenvalue weighted by atomic mass is 10.1. The van der Waals surface area contributed by atoms with Crippen molar-refractivity contribution in [1.82, 2.24) is 15.1 Å². The molecule has 34 heavy (non-hydrogen) atoms. The van der Waals surface area contributed by atoms with Crippen LogP contribution in [0.25, 0.3) is 11.3 Å². The van der Waals surface area contributed by atoms with Crippen molar-refractivity contribution in [2.45, 2.75) is 25.4 Å². The standard InChI is InChI=1S/C27H23ClN4O2/c28-24-15-21(13-14-22(24)26(33)29-20-11-12-20)30-27(34)23-17-32(16-18-7-3-1-4-8-18)31-25(23)19-9-5-2-6-10-19/h1-10,13-15,17,20H,11-12,16H2,(H,29,33)(H,30,34). The predicted octanol–water partition coefficient (Wildman–Crippen LogP) is 5.40. The van der Waals surface area contributed by atoms with Gasteiger partial charge < -0.3 is 10.6 Å². The molecule has 0 radical (unpaired) electrons. The molecule has 2 amide bonds. The maximum Gasteiger partial charge on any atom is 0.259 e. The van der Waals surface area contributed by atoms with Gasteiger partial charge in [-0.25, -0.2) is 0 Å². The fraction of sp³-hybridized carbons (Fsp3) is 0.148. The molecule has 2 N–H and O–H groups in total. The zero-order valence-corrected chi connectivity index (χ0v) is 19.1. The van der Waals surface area contributed by atoms with E-state index in [2.05, 4.69) is 10.6 Å². The summed E-state index contributed by atoms with van der Waals surface area (Å²) in [6.07, 6.45) is 3.75. The highest BCUT2D eigenvalue weighted by molar-refractivity contribution is 6.34. The summed E-state index contributed by atoms with van der Waals surface area (Å²) in [7, 11) is 0. The number of hydrogen-bond donors (Lipinski definition) is 2. The lowest BCUT2D eigenvalue weighted by Crippen LogP contribution is -2.25. The van der Waals surface area contributed by atoms with Gasteiger partial charge in [-0.2, -0.15) is 5.10 Å². The summed E-state index contributed by atoms with van der Waals surface area (Å²) in [5, 5.41) is 10.8. The number of halogens is 1. The van der Waals surface area contributed by atoms with Crippen LogP contribution in [-0.4, -0.2) is 27.6 Å². The van der Waals surface area contributed by atoms with Crippen LogP contribution in [0.15, 0.2) is 85.1 Å². The molecule has 0 bridgehead atoms. The average Bonchev–Trinajstić information content (AvgIpc) is 3.56. The van der Waals surface area contributed by atoms with Crippen molar-refractivity contribution in [1.29, 1.82) is 0 Å². The van der Waals surface area contributed by atoms with Crippen molar-refractivity contribution in [2.24, 2.45) is 0 Å². The van der Waals surface area contributed by atoms with E-state index < -0.39 is 0 Å². The molecule has 1 aromatic heterocycles. The molecule has 1 fully saturated rings. The molecule has 170 valence electrons. The van der Waals surface area contributed by atoms with E-state index in [1.807, 2.05) is 60.7 Å². The molecule has 1 heterocycles. The second kappa shape index (κ2) is 9.53. The van der Waals surface area contributed by atoms with Gasteiger partial charge in [-0.15, -0.1) is 0 Å². The molecule has 0 saturated heterocycles. The monoisotopic (exact) mass is 470 g/mol. The Morgan fingerprint density at radius 1 is 0.912 bits per heavy atom. The zero-order chi connectivity index (χ0) is 23.5. The average molecular weight is 471 g/mol. The largest absolute Gasteiger partial charge is 0.349 e. The first-order valence-corrected chi connectivity index (χ1v) is 11.5. The molecule has 0 atom stereocenters. The van der Waals surface area contributed by atoms with E-state index in [9.17, 15) is 9.59 Å². The van der Waals surface area contributed by atoms with Crippen LogP contribution in [0, 0.1) is 0 Å². The number of nitrogens with zero attached hydrogens (tertiary/aromatic N) is 2. The molecule has 1 saturated carbocycles. The summed E-state index contributed by atoms with van der Waals surface area (Å²) in [5.74, 6) is -0.497. The van der Waals surface area contributed by atoms with Crippen molar-refractivity contribution < 1.29 is 9.59 Å². The molecule has 7 heteroatoms. The molecule has 1 aliphatic rings. The summed E-state index contributed by atoms with van der Waals surface area (Å²) < 4.78 is 1.77. The minimum atomic E-state index is -0.301. The Kier molecular flexibility index (Phi) is 6.14. The molecule has 0 spiro atoms. The predicted molar refractivity (Wildman–Crippen MR) is 133 cm³/mol. The number of carbonyl (C=O) groups excluding carboxylic acids is 2. The topological polar surface area (TPSA) is 76.0 Å². The van der Waals surface area contributed by atoms with Crippen molar-refractivity contribution >= 4 is 29.1 Å². The highest BCUT2D eigenvalue weighted by Gasteiger charge is 2.25. The second-order valence-electron chi connectivity index (χ2n) is 8.34. The minimum Gasteiger partial charge on any atom is -0.349 e. The fourth-order valence-corrected chi connectivity index (χ4v) is 3.98. The lowest BCUT2D eigenvalue weighted by molar-refractivity contribution is 0.0950. The van der Waals surface area contributed by atoms with Gasteiger partial charge in [0.25, 0.3) is 11.8 Å². The quantitative estimate of drug-likeness (QED) is 0.380. The van der Waals surface area contributed by atoms with Gasteiger partial charge >= 0.3 is 0 Å². The number of amides is 2. The van der Waals surface area contributed by atoms with Crippen molar-refractivity contribution in [3.05, 3.63) is 107 Å². The van der Waals surface area contributed by atoms with Gasteiger partial charge in [-0.3, -0.25) is 14.3 Å². The molecule has 5 rings (SSSR count). The van der Waals surface area contributed by atoms with Crippen LogP contribution in [0.2, 0.25) is 5.02 Å². The van der Waals surface area contributed by atoms with Gasteiger partial charge in [0.2, 0.25) is 0 Å². The van der Waals surface area contributed by atoms with Gasteiger partial charge in [-0.05, 0) is 36.6 Å². The van der Waals surface area contributed by atoms with Gasteiger partial charge in [-0.1, -0.05) is 72.3 Å². The number of anilines is 1. The Hall–Kier alpha value is -3.90. The maximum absolute atomic E-state index is 13.3. The van der Waals surface area contributed by atoms with E-state index in [1.165, 1.54) is 0 Å². The molecule has 0 aliphatic heterocycles. The van der Waals surface area contributed by atoms with Crippen LogP contribution in [0.1, 0.15) is 39.1 Å². The van der Waals surface area contributed by atoms with Crippen molar-refractivity contribution in [2.75, 3.05) is 5.32 Å². The number of aromatic nitrogens is 2. The highest BCUT2D eigenvalue weighted by atomic mass is 35.5.